The summed E-state index contributed by atoms with van der Waals surface area (Å²) in [4.78, 5) is 21.2. The van der Waals surface area contributed by atoms with E-state index in [1.54, 1.807) is 7.11 Å². The second kappa shape index (κ2) is 11.4. The van der Waals surface area contributed by atoms with Gasteiger partial charge in [-0.2, -0.15) is 0 Å². The Bertz CT molecular complexity index is 450. The Labute approximate surface area is 158 Å². The van der Waals surface area contributed by atoms with Crippen LogP contribution in [0.1, 0.15) is 32.6 Å². The van der Waals surface area contributed by atoms with Crippen LogP contribution in [-0.4, -0.2) is 88.4 Å². The molecule has 2 aliphatic heterocycles. The van der Waals surface area contributed by atoms with Crippen LogP contribution >= 0.6 is 0 Å². The summed E-state index contributed by atoms with van der Waals surface area (Å²) in [5.41, 5.74) is 0. The highest BCUT2D eigenvalue weighted by Gasteiger charge is 2.28. The van der Waals surface area contributed by atoms with Crippen LogP contribution in [-0.2, 0) is 14.3 Å². The first kappa shape index (κ1) is 21.0. The SMILES string of the molecule is CCOC(=O)C1CCCN(C(=NC)NCC2CCN(CCOC)CC2)C1. The Balaban J connectivity index is 1.74. The number of nitrogens with one attached hydrogen (secondary N) is 1. The van der Waals surface area contributed by atoms with Gasteiger partial charge in [0, 0.05) is 40.3 Å². The predicted octanol–water partition coefficient (Wildman–Crippen LogP) is 1.20. The molecule has 0 spiro atoms. The molecule has 2 fully saturated rings. The van der Waals surface area contributed by atoms with Gasteiger partial charge in [0.1, 0.15) is 0 Å². The Morgan fingerprint density at radius 1 is 1.23 bits per heavy atom. The first-order valence-electron chi connectivity index (χ1n) is 10.0. The third-order valence-electron chi connectivity index (χ3n) is 5.42. The largest absolute Gasteiger partial charge is 0.466 e. The fourth-order valence-corrected chi connectivity index (χ4v) is 3.82. The number of ether oxygens (including phenoxy) is 2. The molecule has 26 heavy (non-hydrogen) atoms. The molecule has 1 atom stereocenters. The quantitative estimate of drug-likeness (QED) is 0.414. The van der Waals surface area contributed by atoms with Crippen molar-refractivity contribution < 1.29 is 14.3 Å². The minimum atomic E-state index is -0.0731. The molecule has 0 aromatic rings. The van der Waals surface area contributed by atoms with Gasteiger partial charge in [0.15, 0.2) is 5.96 Å². The number of esters is 1. The van der Waals surface area contributed by atoms with Crippen LogP contribution in [0.25, 0.3) is 0 Å². The zero-order chi connectivity index (χ0) is 18.8. The van der Waals surface area contributed by atoms with Crippen LogP contribution in [0.15, 0.2) is 4.99 Å². The molecule has 0 aliphatic carbocycles. The molecule has 1 unspecified atom stereocenters. The molecule has 0 bridgehead atoms. The number of carbonyl (C=O) groups excluding carboxylic acids is 1. The lowest BCUT2D eigenvalue weighted by Gasteiger charge is -2.35. The molecule has 0 radical (unpaired) electrons. The highest BCUT2D eigenvalue weighted by Crippen LogP contribution is 2.19. The smallest absolute Gasteiger partial charge is 0.310 e. The predicted molar refractivity (Wildman–Crippen MR) is 103 cm³/mol. The number of carbonyl (C=O) groups is 1. The fourth-order valence-electron chi connectivity index (χ4n) is 3.82. The van der Waals surface area contributed by atoms with Gasteiger partial charge in [-0.15, -0.1) is 0 Å². The molecule has 2 heterocycles. The summed E-state index contributed by atoms with van der Waals surface area (Å²) in [7, 11) is 3.58. The van der Waals surface area contributed by atoms with Gasteiger partial charge in [0.2, 0.25) is 0 Å². The second-order valence-corrected chi connectivity index (χ2v) is 7.24. The van der Waals surface area contributed by atoms with E-state index in [4.69, 9.17) is 9.47 Å². The van der Waals surface area contributed by atoms with Crippen molar-refractivity contribution in [2.45, 2.75) is 32.6 Å². The highest BCUT2D eigenvalue weighted by molar-refractivity contribution is 5.81. The van der Waals surface area contributed by atoms with Crippen LogP contribution in [0.5, 0.6) is 0 Å². The normalized spacial score (nSPS) is 23.1. The standard InChI is InChI=1S/C19H36N4O3/c1-4-26-18(24)17-6-5-9-23(15-17)19(20-2)21-14-16-7-10-22(11-8-16)12-13-25-3/h16-17H,4-15H2,1-3H3,(H,20,21). The average molecular weight is 369 g/mol. The first-order valence-corrected chi connectivity index (χ1v) is 10.0. The first-order chi connectivity index (χ1) is 12.7. The lowest BCUT2D eigenvalue weighted by molar-refractivity contribution is -0.149. The van der Waals surface area contributed by atoms with Gasteiger partial charge in [0.25, 0.3) is 0 Å². The third-order valence-corrected chi connectivity index (χ3v) is 5.42. The van der Waals surface area contributed by atoms with Crippen LogP contribution in [0.2, 0.25) is 0 Å². The summed E-state index contributed by atoms with van der Waals surface area (Å²) in [6.45, 7) is 9.04. The van der Waals surface area contributed by atoms with Gasteiger partial charge in [-0.05, 0) is 51.6 Å². The number of aliphatic imine (C=N–C) groups is 1. The average Bonchev–Trinajstić information content (AvgIpc) is 2.68. The number of rotatable bonds is 7. The van der Waals surface area contributed by atoms with Crippen molar-refractivity contribution in [3.63, 3.8) is 0 Å². The van der Waals surface area contributed by atoms with Gasteiger partial charge < -0.3 is 24.6 Å². The van der Waals surface area contributed by atoms with E-state index in [2.05, 4.69) is 20.1 Å². The third kappa shape index (κ3) is 6.43. The molecule has 0 saturated carbocycles. The number of hydrogen-bond donors (Lipinski definition) is 1. The molecule has 2 saturated heterocycles. The molecular weight excluding hydrogens is 332 g/mol. The Morgan fingerprint density at radius 2 is 2.00 bits per heavy atom. The summed E-state index contributed by atoms with van der Waals surface area (Å²) < 4.78 is 10.4. The second-order valence-electron chi connectivity index (χ2n) is 7.24. The van der Waals surface area contributed by atoms with Gasteiger partial charge in [-0.25, -0.2) is 0 Å². The number of methoxy groups -OCH3 is 1. The van der Waals surface area contributed by atoms with Crippen LogP contribution < -0.4 is 5.32 Å². The number of hydrogen-bond acceptors (Lipinski definition) is 5. The summed E-state index contributed by atoms with van der Waals surface area (Å²) in [5, 5.41) is 3.54. The highest BCUT2D eigenvalue weighted by atomic mass is 16.5. The van der Waals surface area contributed by atoms with E-state index in [1.807, 2.05) is 14.0 Å². The zero-order valence-electron chi connectivity index (χ0n) is 16.7. The molecule has 1 N–H and O–H groups in total. The topological polar surface area (TPSA) is 66.4 Å². The van der Waals surface area contributed by atoms with E-state index < -0.39 is 0 Å². The van der Waals surface area contributed by atoms with Crippen molar-refractivity contribution in [2.24, 2.45) is 16.8 Å². The Hall–Kier alpha value is -1.34. The van der Waals surface area contributed by atoms with Gasteiger partial charge in [-0.3, -0.25) is 9.79 Å². The van der Waals surface area contributed by atoms with E-state index in [0.717, 1.165) is 58.1 Å². The van der Waals surface area contributed by atoms with E-state index in [0.29, 0.717) is 19.1 Å². The molecular formula is C19H36N4O3. The van der Waals surface area contributed by atoms with E-state index in [-0.39, 0.29) is 11.9 Å². The molecule has 0 aromatic carbocycles. The monoisotopic (exact) mass is 368 g/mol. The molecule has 2 rings (SSSR count). The lowest BCUT2D eigenvalue weighted by Crippen LogP contribution is -2.49. The van der Waals surface area contributed by atoms with E-state index in [9.17, 15) is 4.79 Å². The molecule has 2 aliphatic rings. The number of likely N-dealkylation sites (tertiary alicyclic amines) is 2. The van der Waals surface area contributed by atoms with Crippen molar-refractivity contribution >= 4 is 11.9 Å². The van der Waals surface area contributed by atoms with Crippen molar-refractivity contribution in [1.29, 1.82) is 0 Å². The van der Waals surface area contributed by atoms with Crippen molar-refractivity contribution in [2.75, 3.05) is 66.6 Å². The molecule has 7 heteroatoms. The van der Waals surface area contributed by atoms with Crippen molar-refractivity contribution in [3.8, 4) is 0 Å². The lowest BCUT2D eigenvalue weighted by atomic mass is 9.96. The van der Waals surface area contributed by atoms with E-state index in [1.165, 1.54) is 12.8 Å². The maximum Gasteiger partial charge on any atom is 0.310 e. The fraction of sp³-hybridized carbons (Fsp3) is 0.895. The number of piperidine rings is 2. The summed E-state index contributed by atoms with van der Waals surface area (Å²) in [5.74, 6) is 1.49. The molecule has 150 valence electrons. The van der Waals surface area contributed by atoms with Crippen LogP contribution in [0.3, 0.4) is 0 Å². The minimum Gasteiger partial charge on any atom is -0.466 e. The van der Waals surface area contributed by atoms with Gasteiger partial charge >= 0.3 is 5.97 Å². The van der Waals surface area contributed by atoms with Crippen LogP contribution in [0.4, 0.5) is 0 Å². The summed E-state index contributed by atoms with van der Waals surface area (Å²) >= 11 is 0. The number of nitrogens with zero attached hydrogens (tertiary/aromatic N) is 3. The Kier molecular flexibility index (Phi) is 9.18. The van der Waals surface area contributed by atoms with Gasteiger partial charge in [0.05, 0.1) is 19.1 Å². The van der Waals surface area contributed by atoms with Crippen molar-refractivity contribution in [1.82, 2.24) is 15.1 Å². The summed E-state index contributed by atoms with van der Waals surface area (Å²) in [6.07, 6.45) is 4.33. The molecule has 0 amide bonds. The molecule has 0 aromatic heterocycles. The van der Waals surface area contributed by atoms with Gasteiger partial charge in [-0.1, -0.05) is 0 Å². The minimum absolute atomic E-state index is 0.0359. The summed E-state index contributed by atoms with van der Waals surface area (Å²) in [6, 6.07) is 0. The zero-order valence-corrected chi connectivity index (χ0v) is 16.7. The molecule has 7 nitrogen and oxygen atoms in total. The Morgan fingerprint density at radius 3 is 2.65 bits per heavy atom. The maximum absolute atomic E-state index is 12.0. The number of guanidine groups is 1. The maximum atomic E-state index is 12.0. The van der Waals surface area contributed by atoms with Crippen LogP contribution in [0, 0.1) is 11.8 Å². The van der Waals surface area contributed by atoms with Crippen molar-refractivity contribution in [3.05, 3.63) is 0 Å². The van der Waals surface area contributed by atoms with E-state index >= 15 is 0 Å².